The van der Waals surface area contributed by atoms with E-state index in [2.05, 4.69) is 57.1 Å². The molecule has 140 valence electrons. The van der Waals surface area contributed by atoms with Crippen LogP contribution in [0.5, 0.6) is 0 Å². The number of rotatable bonds is 5. The molecule has 8 heteroatoms. The molecule has 1 saturated heterocycles. The van der Waals surface area contributed by atoms with Gasteiger partial charge in [0, 0.05) is 38.7 Å². The van der Waals surface area contributed by atoms with E-state index in [9.17, 15) is 4.79 Å². The fourth-order valence-electron chi connectivity index (χ4n) is 3.39. The standard InChI is InChI=1S/C19H22N6OS/c1-12-3-5-13(6-4-12)7-17-23-24-19(27-17)22-18(26)16-10-20-9-15(16)14-8-21-25(2)11-14/h3-6,8,11,15-16,20H,7,9-10H2,1-2H3,(H,22,24,26)/t15-,16+/m1/s1. The molecule has 0 saturated carbocycles. The van der Waals surface area contributed by atoms with Crippen LogP contribution < -0.4 is 10.6 Å². The van der Waals surface area contributed by atoms with Crippen molar-refractivity contribution in [1.82, 2.24) is 25.3 Å². The molecule has 7 nitrogen and oxygen atoms in total. The molecule has 27 heavy (non-hydrogen) atoms. The monoisotopic (exact) mass is 382 g/mol. The fraction of sp³-hybridized carbons (Fsp3) is 0.368. The van der Waals surface area contributed by atoms with E-state index >= 15 is 0 Å². The molecule has 0 aliphatic carbocycles. The smallest absolute Gasteiger partial charge is 0.231 e. The zero-order chi connectivity index (χ0) is 18.8. The van der Waals surface area contributed by atoms with Crippen LogP contribution in [0, 0.1) is 12.8 Å². The molecule has 0 unspecified atom stereocenters. The highest BCUT2D eigenvalue weighted by Crippen LogP contribution is 2.29. The Morgan fingerprint density at radius 1 is 1.30 bits per heavy atom. The third-order valence-electron chi connectivity index (χ3n) is 4.88. The quantitative estimate of drug-likeness (QED) is 0.706. The van der Waals surface area contributed by atoms with Gasteiger partial charge >= 0.3 is 0 Å². The number of aryl methyl sites for hydroxylation is 2. The number of amides is 1. The number of aromatic nitrogens is 4. The number of nitrogens with one attached hydrogen (secondary N) is 2. The van der Waals surface area contributed by atoms with Crippen LogP contribution in [0.15, 0.2) is 36.7 Å². The minimum Gasteiger partial charge on any atom is -0.315 e. The first-order valence-corrected chi connectivity index (χ1v) is 9.78. The Morgan fingerprint density at radius 2 is 2.11 bits per heavy atom. The molecule has 2 aromatic heterocycles. The minimum atomic E-state index is -0.140. The van der Waals surface area contributed by atoms with Crippen molar-refractivity contribution >= 4 is 22.4 Å². The summed E-state index contributed by atoms with van der Waals surface area (Å²) in [6.07, 6.45) is 4.53. The van der Waals surface area contributed by atoms with Gasteiger partial charge in [0.25, 0.3) is 0 Å². The van der Waals surface area contributed by atoms with Gasteiger partial charge in [-0.3, -0.25) is 9.48 Å². The van der Waals surface area contributed by atoms with Crippen molar-refractivity contribution in [3.63, 3.8) is 0 Å². The summed E-state index contributed by atoms with van der Waals surface area (Å²) in [5.41, 5.74) is 3.50. The topological polar surface area (TPSA) is 84.7 Å². The summed E-state index contributed by atoms with van der Waals surface area (Å²) in [4.78, 5) is 12.8. The molecular weight excluding hydrogens is 360 g/mol. The minimum absolute atomic E-state index is 0.0214. The summed E-state index contributed by atoms with van der Waals surface area (Å²) >= 11 is 1.43. The summed E-state index contributed by atoms with van der Waals surface area (Å²) in [5, 5.41) is 20.3. The van der Waals surface area contributed by atoms with Gasteiger partial charge < -0.3 is 10.6 Å². The fourth-order valence-corrected chi connectivity index (χ4v) is 4.17. The Kier molecular flexibility index (Phi) is 5.00. The lowest BCUT2D eigenvalue weighted by molar-refractivity contribution is -0.119. The van der Waals surface area contributed by atoms with Crippen LogP contribution in [0.3, 0.4) is 0 Å². The first kappa shape index (κ1) is 17.8. The molecule has 0 spiro atoms. The van der Waals surface area contributed by atoms with E-state index in [4.69, 9.17) is 0 Å². The van der Waals surface area contributed by atoms with E-state index < -0.39 is 0 Å². The lowest BCUT2D eigenvalue weighted by Crippen LogP contribution is -2.28. The largest absolute Gasteiger partial charge is 0.315 e. The van der Waals surface area contributed by atoms with Gasteiger partial charge in [-0.2, -0.15) is 5.10 Å². The second-order valence-electron chi connectivity index (χ2n) is 6.97. The van der Waals surface area contributed by atoms with Crippen molar-refractivity contribution in [2.24, 2.45) is 13.0 Å². The van der Waals surface area contributed by atoms with Crippen LogP contribution in [0.4, 0.5) is 5.13 Å². The van der Waals surface area contributed by atoms with Crippen LogP contribution in [0.25, 0.3) is 0 Å². The zero-order valence-electron chi connectivity index (χ0n) is 15.3. The maximum Gasteiger partial charge on any atom is 0.231 e. The maximum atomic E-state index is 12.8. The van der Waals surface area contributed by atoms with Gasteiger partial charge in [0.2, 0.25) is 11.0 Å². The SMILES string of the molecule is Cc1ccc(Cc2nnc(NC(=O)[C@H]3CNC[C@@H]3c3cnn(C)c3)s2)cc1. The lowest BCUT2D eigenvalue weighted by atomic mass is 9.90. The van der Waals surface area contributed by atoms with Crippen LogP contribution >= 0.6 is 11.3 Å². The average Bonchev–Trinajstić information content (AvgIpc) is 3.37. The molecule has 2 atom stereocenters. The van der Waals surface area contributed by atoms with Crippen LogP contribution in [-0.4, -0.2) is 39.0 Å². The molecule has 1 aliphatic rings. The lowest BCUT2D eigenvalue weighted by Gasteiger charge is -2.15. The van der Waals surface area contributed by atoms with E-state index in [1.165, 1.54) is 22.5 Å². The number of anilines is 1. The normalized spacial score (nSPS) is 19.3. The number of hydrogen-bond donors (Lipinski definition) is 2. The van der Waals surface area contributed by atoms with Gasteiger partial charge in [-0.25, -0.2) is 0 Å². The van der Waals surface area contributed by atoms with Crippen LogP contribution in [-0.2, 0) is 18.3 Å². The first-order valence-electron chi connectivity index (χ1n) is 8.96. The van der Waals surface area contributed by atoms with Crippen LogP contribution in [0.2, 0.25) is 0 Å². The molecule has 0 bridgehead atoms. The molecule has 1 amide bonds. The predicted octanol–water partition coefficient (Wildman–Crippen LogP) is 2.11. The molecular formula is C19H22N6OS. The highest BCUT2D eigenvalue weighted by atomic mass is 32.1. The molecule has 1 aliphatic heterocycles. The van der Waals surface area contributed by atoms with Crippen LogP contribution in [0.1, 0.15) is 27.6 Å². The Hall–Kier alpha value is -2.58. The van der Waals surface area contributed by atoms with Gasteiger partial charge in [-0.05, 0) is 18.1 Å². The molecule has 4 rings (SSSR count). The Bertz CT molecular complexity index is 932. The molecule has 3 heterocycles. The van der Waals surface area contributed by atoms with Gasteiger partial charge in [0.1, 0.15) is 5.01 Å². The molecule has 3 aromatic rings. The highest BCUT2D eigenvalue weighted by Gasteiger charge is 2.35. The Labute approximate surface area is 161 Å². The predicted molar refractivity (Wildman–Crippen MR) is 105 cm³/mol. The van der Waals surface area contributed by atoms with E-state index in [-0.39, 0.29) is 17.7 Å². The number of carbonyl (C=O) groups is 1. The van der Waals surface area contributed by atoms with E-state index in [0.717, 1.165) is 23.5 Å². The average molecular weight is 382 g/mol. The van der Waals surface area contributed by atoms with E-state index in [0.29, 0.717) is 11.7 Å². The first-order chi connectivity index (χ1) is 13.1. The van der Waals surface area contributed by atoms with Gasteiger partial charge in [0.15, 0.2) is 0 Å². The Balaban J connectivity index is 1.41. The second kappa shape index (κ2) is 7.58. The van der Waals surface area contributed by atoms with Crippen molar-refractivity contribution in [3.05, 3.63) is 58.4 Å². The number of carbonyl (C=O) groups excluding carboxylic acids is 1. The highest BCUT2D eigenvalue weighted by molar-refractivity contribution is 7.15. The molecule has 1 fully saturated rings. The van der Waals surface area contributed by atoms with Crippen molar-refractivity contribution in [2.45, 2.75) is 19.3 Å². The summed E-state index contributed by atoms with van der Waals surface area (Å²) in [5.74, 6) is -0.0378. The van der Waals surface area contributed by atoms with Gasteiger partial charge in [-0.1, -0.05) is 41.2 Å². The Morgan fingerprint density at radius 3 is 2.85 bits per heavy atom. The van der Waals surface area contributed by atoms with Crippen molar-refractivity contribution in [3.8, 4) is 0 Å². The maximum absolute atomic E-state index is 12.8. The van der Waals surface area contributed by atoms with E-state index in [1.807, 2.05) is 19.4 Å². The molecule has 2 N–H and O–H groups in total. The van der Waals surface area contributed by atoms with Crippen molar-refractivity contribution in [1.29, 1.82) is 0 Å². The third kappa shape index (κ3) is 4.06. The number of hydrogen-bond acceptors (Lipinski definition) is 6. The molecule has 0 radical (unpaired) electrons. The molecule has 1 aromatic carbocycles. The van der Waals surface area contributed by atoms with Crippen molar-refractivity contribution in [2.75, 3.05) is 18.4 Å². The summed E-state index contributed by atoms with van der Waals surface area (Å²) in [6.45, 7) is 3.50. The third-order valence-corrected chi connectivity index (χ3v) is 5.72. The number of benzene rings is 1. The van der Waals surface area contributed by atoms with Crippen molar-refractivity contribution < 1.29 is 4.79 Å². The summed E-state index contributed by atoms with van der Waals surface area (Å²) in [7, 11) is 1.89. The van der Waals surface area contributed by atoms with Gasteiger partial charge in [-0.15, -0.1) is 10.2 Å². The summed E-state index contributed by atoms with van der Waals surface area (Å²) in [6, 6.07) is 8.37. The summed E-state index contributed by atoms with van der Waals surface area (Å²) < 4.78 is 1.77. The van der Waals surface area contributed by atoms with Gasteiger partial charge in [0.05, 0.1) is 12.1 Å². The second-order valence-corrected chi connectivity index (χ2v) is 8.03. The number of nitrogens with zero attached hydrogens (tertiary/aromatic N) is 4. The zero-order valence-corrected chi connectivity index (χ0v) is 16.2. The van der Waals surface area contributed by atoms with E-state index in [1.54, 1.807) is 4.68 Å².